The van der Waals surface area contributed by atoms with Crippen LogP contribution in [0, 0.1) is 4.77 Å². The van der Waals surface area contributed by atoms with Crippen LogP contribution in [0.25, 0.3) is 0 Å². The smallest absolute Gasteiger partial charge is 0.251 e. The van der Waals surface area contributed by atoms with E-state index in [2.05, 4.69) is 36.4 Å². The van der Waals surface area contributed by atoms with Crippen LogP contribution in [0.1, 0.15) is 18.2 Å². The first-order valence-electron chi connectivity index (χ1n) is 6.36. The highest BCUT2D eigenvalue weighted by molar-refractivity contribution is 9.10. The number of hydrogen-bond donors (Lipinski definition) is 3. The number of rotatable bonds is 4. The third-order valence-electron chi connectivity index (χ3n) is 2.78. The van der Waals surface area contributed by atoms with Crippen molar-refractivity contribution in [1.29, 1.82) is 0 Å². The van der Waals surface area contributed by atoms with E-state index in [0.29, 0.717) is 11.4 Å². The second kappa shape index (κ2) is 7.28. The summed E-state index contributed by atoms with van der Waals surface area (Å²) in [7, 11) is 0. The van der Waals surface area contributed by atoms with Crippen molar-refractivity contribution in [2.75, 3.05) is 0 Å². The molecule has 2 rings (SSSR count). The minimum atomic E-state index is -0.348. The maximum absolute atomic E-state index is 11.9. The number of halogens is 1. The number of carbonyl (C=O) groups is 1. The SMILES string of the molecule is C/C(=N/NC(=O)Cc1cc(=O)[nH]c(=S)[nH]1)c1ccccc1Br. The molecule has 0 unspecified atom stereocenters. The number of hydrazone groups is 1. The number of aromatic amines is 2. The van der Waals surface area contributed by atoms with E-state index in [4.69, 9.17) is 12.2 Å². The van der Waals surface area contributed by atoms with E-state index in [1.807, 2.05) is 24.3 Å². The number of H-pyrrole nitrogens is 2. The minimum absolute atomic E-state index is 0.0136. The number of hydrogen-bond acceptors (Lipinski definition) is 4. The molecular weight excluding hydrogens is 368 g/mol. The molecule has 6 nitrogen and oxygen atoms in total. The standard InChI is InChI=1S/C14H13BrN4O2S/c1-8(10-4-2-3-5-11(10)15)18-19-13(21)7-9-6-12(20)17-14(22)16-9/h2-6H,7H2,1H3,(H,19,21)(H2,16,17,20,22)/b18-8-. The molecule has 1 heterocycles. The number of carbonyl (C=O) groups excluding carboxylic acids is 1. The van der Waals surface area contributed by atoms with E-state index in [1.165, 1.54) is 6.07 Å². The molecule has 2 aromatic rings. The highest BCUT2D eigenvalue weighted by atomic mass is 79.9. The van der Waals surface area contributed by atoms with Crippen LogP contribution in [-0.2, 0) is 11.2 Å². The van der Waals surface area contributed by atoms with Crippen LogP contribution in [0.2, 0.25) is 0 Å². The Kier molecular flexibility index (Phi) is 5.40. The van der Waals surface area contributed by atoms with Gasteiger partial charge in [0.05, 0.1) is 12.1 Å². The first-order chi connectivity index (χ1) is 10.5. The number of aromatic nitrogens is 2. The van der Waals surface area contributed by atoms with Gasteiger partial charge in [0.2, 0.25) is 5.91 Å². The topological polar surface area (TPSA) is 90.1 Å². The van der Waals surface area contributed by atoms with Crippen molar-refractivity contribution in [3.63, 3.8) is 0 Å². The summed E-state index contributed by atoms with van der Waals surface area (Å²) < 4.78 is 1.08. The van der Waals surface area contributed by atoms with Crippen molar-refractivity contribution in [1.82, 2.24) is 15.4 Å². The number of nitrogens with one attached hydrogen (secondary N) is 3. The molecule has 114 valence electrons. The molecule has 0 atom stereocenters. The summed E-state index contributed by atoms with van der Waals surface area (Å²) >= 11 is 8.27. The number of nitrogens with zero attached hydrogens (tertiary/aromatic N) is 1. The van der Waals surface area contributed by atoms with Crippen LogP contribution < -0.4 is 11.0 Å². The lowest BCUT2D eigenvalue weighted by molar-refractivity contribution is -0.120. The molecule has 1 amide bonds. The predicted molar refractivity (Wildman–Crippen MR) is 90.4 cm³/mol. The Hall–Kier alpha value is -2.06. The molecule has 0 spiro atoms. The van der Waals surface area contributed by atoms with Gasteiger partial charge in [-0.1, -0.05) is 34.1 Å². The maximum Gasteiger partial charge on any atom is 0.251 e. The van der Waals surface area contributed by atoms with Crippen molar-refractivity contribution in [3.8, 4) is 0 Å². The third kappa shape index (κ3) is 4.47. The van der Waals surface area contributed by atoms with Gasteiger partial charge in [0.25, 0.3) is 5.56 Å². The zero-order valence-corrected chi connectivity index (χ0v) is 14.0. The van der Waals surface area contributed by atoms with Crippen molar-refractivity contribution < 1.29 is 4.79 Å². The number of benzene rings is 1. The summed E-state index contributed by atoms with van der Waals surface area (Å²) in [6, 6.07) is 8.86. The fourth-order valence-electron chi connectivity index (χ4n) is 1.79. The summed E-state index contributed by atoms with van der Waals surface area (Å²) in [4.78, 5) is 28.3. The molecule has 0 aliphatic carbocycles. The molecule has 1 aromatic heterocycles. The van der Waals surface area contributed by atoms with Gasteiger partial charge in [-0.05, 0) is 25.2 Å². The van der Waals surface area contributed by atoms with Gasteiger partial charge in [0, 0.05) is 21.8 Å². The van der Waals surface area contributed by atoms with Gasteiger partial charge < -0.3 is 4.98 Å². The Morgan fingerprint density at radius 1 is 1.36 bits per heavy atom. The Morgan fingerprint density at radius 3 is 2.77 bits per heavy atom. The van der Waals surface area contributed by atoms with Crippen molar-refractivity contribution in [2.24, 2.45) is 5.10 Å². The molecule has 0 saturated carbocycles. The summed E-state index contributed by atoms with van der Waals surface area (Å²) in [5, 5.41) is 4.06. The summed E-state index contributed by atoms with van der Waals surface area (Å²) in [6.45, 7) is 1.79. The van der Waals surface area contributed by atoms with Crippen LogP contribution in [0.5, 0.6) is 0 Å². The highest BCUT2D eigenvalue weighted by Gasteiger charge is 2.06. The van der Waals surface area contributed by atoms with E-state index in [0.717, 1.165) is 10.0 Å². The third-order valence-corrected chi connectivity index (χ3v) is 3.67. The van der Waals surface area contributed by atoms with Crippen LogP contribution in [-0.4, -0.2) is 21.6 Å². The lowest BCUT2D eigenvalue weighted by Crippen LogP contribution is -2.23. The molecule has 1 aromatic carbocycles. The summed E-state index contributed by atoms with van der Waals surface area (Å²) in [5.74, 6) is -0.345. The van der Waals surface area contributed by atoms with Gasteiger partial charge in [-0.2, -0.15) is 5.10 Å². The lowest BCUT2D eigenvalue weighted by atomic mass is 10.1. The monoisotopic (exact) mass is 380 g/mol. The van der Waals surface area contributed by atoms with Crippen LogP contribution in [0.15, 0.2) is 44.7 Å². The van der Waals surface area contributed by atoms with Crippen LogP contribution in [0.4, 0.5) is 0 Å². The average molecular weight is 381 g/mol. The summed E-state index contributed by atoms with van der Waals surface area (Å²) in [5.41, 5.74) is 4.09. The molecule has 8 heteroatoms. The molecular formula is C14H13BrN4O2S. The second-order valence-corrected chi connectivity index (χ2v) is 5.76. The normalized spacial score (nSPS) is 11.3. The Labute approximate surface area is 139 Å². The highest BCUT2D eigenvalue weighted by Crippen LogP contribution is 2.16. The van der Waals surface area contributed by atoms with Gasteiger partial charge in [-0.15, -0.1) is 0 Å². The van der Waals surface area contributed by atoms with E-state index in [9.17, 15) is 9.59 Å². The Morgan fingerprint density at radius 2 is 2.09 bits per heavy atom. The van der Waals surface area contributed by atoms with Crippen molar-refractivity contribution in [2.45, 2.75) is 13.3 Å². The summed E-state index contributed by atoms with van der Waals surface area (Å²) in [6.07, 6.45) is -0.0136. The van der Waals surface area contributed by atoms with Crippen LogP contribution >= 0.6 is 28.1 Å². The molecule has 0 radical (unpaired) electrons. The molecule has 0 aliphatic heterocycles. The zero-order valence-electron chi connectivity index (χ0n) is 11.6. The minimum Gasteiger partial charge on any atom is -0.335 e. The quantitative estimate of drug-likeness (QED) is 0.431. The lowest BCUT2D eigenvalue weighted by Gasteiger charge is -2.05. The van der Waals surface area contributed by atoms with Crippen molar-refractivity contribution >= 4 is 39.8 Å². The Bertz CT molecular complexity index is 813. The molecule has 22 heavy (non-hydrogen) atoms. The van der Waals surface area contributed by atoms with E-state index < -0.39 is 0 Å². The average Bonchev–Trinajstić information content (AvgIpc) is 2.44. The van der Waals surface area contributed by atoms with Gasteiger partial charge in [0.15, 0.2) is 4.77 Å². The predicted octanol–water partition coefficient (Wildman–Crippen LogP) is 2.28. The second-order valence-electron chi connectivity index (χ2n) is 4.50. The molecule has 0 fully saturated rings. The van der Waals surface area contributed by atoms with E-state index in [1.54, 1.807) is 6.92 Å². The largest absolute Gasteiger partial charge is 0.335 e. The molecule has 0 aliphatic rings. The zero-order chi connectivity index (χ0) is 16.1. The maximum atomic E-state index is 11.9. The molecule has 3 N–H and O–H groups in total. The first kappa shape index (κ1) is 16.3. The molecule has 0 bridgehead atoms. The molecule has 0 saturated heterocycles. The van der Waals surface area contributed by atoms with Crippen molar-refractivity contribution in [3.05, 3.63) is 61.2 Å². The van der Waals surface area contributed by atoms with E-state index in [-0.39, 0.29) is 22.7 Å². The van der Waals surface area contributed by atoms with E-state index >= 15 is 0 Å². The van der Waals surface area contributed by atoms with Crippen LogP contribution in [0.3, 0.4) is 0 Å². The number of amides is 1. The van der Waals surface area contributed by atoms with Gasteiger partial charge in [-0.3, -0.25) is 14.6 Å². The first-order valence-corrected chi connectivity index (χ1v) is 7.56. The van der Waals surface area contributed by atoms with Gasteiger partial charge in [0.1, 0.15) is 0 Å². The van der Waals surface area contributed by atoms with Gasteiger partial charge >= 0.3 is 0 Å². The fraction of sp³-hybridized carbons (Fsp3) is 0.143. The Balaban J connectivity index is 2.06. The van der Waals surface area contributed by atoms with Gasteiger partial charge in [-0.25, -0.2) is 5.43 Å². The fourth-order valence-corrected chi connectivity index (χ4v) is 2.59.